The van der Waals surface area contributed by atoms with E-state index in [0.717, 1.165) is 0 Å². The Balaban J connectivity index is 4.30. The first-order valence-electron chi connectivity index (χ1n) is 4.59. The van der Waals surface area contributed by atoms with Gasteiger partial charge in [0.2, 0.25) is 0 Å². The van der Waals surface area contributed by atoms with Crippen molar-refractivity contribution in [3.63, 3.8) is 0 Å². The van der Waals surface area contributed by atoms with Crippen LogP contribution in [0.4, 0.5) is 0 Å². The summed E-state index contributed by atoms with van der Waals surface area (Å²) in [6, 6.07) is -0.434. The van der Waals surface area contributed by atoms with Gasteiger partial charge in [-0.1, -0.05) is 12.2 Å². The van der Waals surface area contributed by atoms with Gasteiger partial charge in [-0.3, -0.25) is 9.69 Å². The summed E-state index contributed by atoms with van der Waals surface area (Å²) in [5.41, 5.74) is 5.49. The average Bonchev–Trinajstić information content (AvgIpc) is 2.14. The quantitative estimate of drug-likeness (QED) is 0.539. The Labute approximate surface area is 90.4 Å². The van der Waals surface area contributed by atoms with E-state index in [1.807, 2.05) is 6.92 Å². The van der Waals surface area contributed by atoms with Crippen LogP contribution in [0, 0.1) is 0 Å². The third-order valence-electron chi connectivity index (χ3n) is 2.26. The summed E-state index contributed by atoms with van der Waals surface area (Å²) in [6.07, 6.45) is 0. The number of likely N-dealkylation sites (N-methyl/N-ethyl adjacent to an activating group) is 1. The summed E-state index contributed by atoms with van der Waals surface area (Å²) in [5, 5.41) is 0. The number of carbonyl (C=O) groups excluding carboxylic acids is 1. The Bertz CT molecular complexity index is 221. The molecule has 0 saturated carbocycles. The maximum absolute atomic E-state index is 11.4. The fraction of sp³-hybridized carbons (Fsp3) is 0.778. The number of carbonyl (C=O) groups is 1. The molecule has 0 aliphatic carbocycles. The van der Waals surface area contributed by atoms with Crippen LogP contribution in [-0.2, 0) is 9.53 Å². The molecule has 0 heterocycles. The summed E-state index contributed by atoms with van der Waals surface area (Å²) in [7, 11) is 1.80. The highest BCUT2D eigenvalue weighted by Crippen LogP contribution is 2.04. The van der Waals surface area contributed by atoms with Crippen molar-refractivity contribution in [1.82, 2.24) is 4.90 Å². The van der Waals surface area contributed by atoms with E-state index in [1.165, 1.54) is 0 Å². The summed E-state index contributed by atoms with van der Waals surface area (Å²) in [6.45, 7) is 5.80. The second-order valence-electron chi connectivity index (χ2n) is 3.17. The molecule has 0 aliphatic heterocycles. The van der Waals surface area contributed by atoms with Crippen LogP contribution in [0.3, 0.4) is 0 Å². The molecular formula is C9H18N2O2S. The third-order valence-corrected chi connectivity index (χ3v) is 2.60. The lowest BCUT2D eigenvalue weighted by Crippen LogP contribution is -2.47. The smallest absolute Gasteiger partial charge is 0.323 e. The monoisotopic (exact) mass is 218 g/mol. The van der Waals surface area contributed by atoms with Gasteiger partial charge in [0.1, 0.15) is 6.04 Å². The van der Waals surface area contributed by atoms with Crippen LogP contribution in [-0.4, -0.2) is 41.6 Å². The molecule has 14 heavy (non-hydrogen) atoms. The lowest BCUT2D eigenvalue weighted by Gasteiger charge is -2.28. The largest absolute Gasteiger partial charge is 0.465 e. The second kappa shape index (κ2) is 5.93. The first-order valence-corrected chi connectivity index (χ1v) is 5.00. The van der Waals surface area contributed by atoms with Crippen molar-refractivity contribution in [1.29, 1.82) is 0 Å². The van der Waals surface area contributed by atoms with Crippen molar-refractivity contribution in [2.24, 2.45) is 5.73 Å². The van der Waals surface area contributed by atoms with Crippen LogP contribution in [0.25, 0.3) is 0 Å². The molecule has 2 unspecified atom stereocenters. The number of hydrogen-bond acceptors (Lipinski definition) is 4. The molecule has 5 heteroatoms. The normalized spacial score (nSPS) is 14.9. The zero-order valence-corrected chi connectivity index (χ0v) is 9.93. The van der Waals surface area contributed by atoms with E-state index in [9.17, 15) is 4.79 Å². The molecule has 0 saturated heterocycles. The van der Waals surface area contributed by atoms with Crippen LogP contribution in [0.5, 0.6) is 0 Å². The molecular weight excluding hydrogens is 200 g/mol. The van der Waals surface area contributed by atoms with Crippen molar-refractivity contribution >= 4 is 23.2 Å². The molecule has 0 radical (unpaired) electrons. The molecule has 0 fully saturated rings. The topological polar surface area (TPSA) is 55.6 Å². The first kappa shape index (κ1) is 13.3. The molecule has 2 N–H and O–H groups in total. The SMILES string of the molecule is CCOC(=O)C(C)N(C)C(C)C(N)=S. The van der Waals surface area contributed by atoms with E-state index in [-0.39, 0.29) is 18.1 Å². The number of esters is 1. The summed E-state index contributed by atoms with van der Waals surface area (Å²) in [4.78, 5) is 13.5. The number of thiocarbonyl (C=S) groups is 1. The molecule has 0 rings (SSSR count). The average molecular weight is 218 g/mol. The Morgan fingerprint density at radius 2 is 2.00 bits per heavy atom. The molecule has 0 bridgehead atoms. The number of ether oxygens (including phenoxy) is 1. The van der Waals surface area contributed by atoms with Gasteiger partial charge in [-0.05, 0) is 27.8 Å². The Morgan fingerprint density at radius 3 is 2.36 bits per heavy atom. The van der Waals surface area contributed by atoms with Gasteiger partial charge < -0.3 is 10.5 Å². The maximum Gasteiger partial charge on any atom is 0.323 e. The van der Waals surface area contributed by atoms with Gasteiger partial charge in [0.05, 0.1) is 17.6 Å². The minimum Gasteiger partial charge on any atom is -0.465 e. The second-order valence-corrected chi connectivity index (χ2v) is 3.64. The Hall–Kier alpha value is -0.680. The van der Waals surface area contributed by atoms with E-state index in [1.54, 1.807) is 25.8 Å². The third kappa shape index (κ3) is 3.59. The molecule has 4 nitrogen and oxygen atoms in total. The zero-order valence-electron chi connectivity index (χ0n) is 9.11. The predicted molar refractivity (Wildman–Crippen MR) is 60.1 cm³/mol. The highest BCUT2D eigenvalue weighted by Gasteiger charge is 2.24. The standard InChI is InChI=1S/C9H18N2O2S/c1-5-13-9(12)7(3)11(4)6(2)8(10)14/h6-7H,5H2,1-4H3,(H2,10,14). The molecule has 82 valence electrons. The zero-order chi connectivity index (χ0) is 11.3. The minimum absolute atomic E-state index is 0.107. The lowest BCUT2D eigenvalue weighted by molar-refractivity contribution is -0.148. The minimum atomic E-state index is -0.327. The van der Waals surface area contributed by atoms with Gasteiger partial charge in [-0.2, -0.15) is 0 Å². The van der Waals surface area contributed by atoms with Crippen LogP contribution >= 0.6 is 12.2 Å². The van der Waals surface area contributed by atoms with E-state index in [0.29, 0.717) is 11.6 Å². The van der Waals surface area contributed by atoms with Crippen molar-refractivity contribution in [2.45, 2.75) is 32.9 Å². The molecule has 0 aromatic rings. The summed E-state index contributed by atoms with van der Waals surface area (Å²) in [5.74, 6) is -0.252. The number of rotatable bonds is 5. The van der Waals surface area contributed by atoms with Gasteiger partial charge in [-0.25, -0.2) is 0 Å². The van der Waals surface area contributed by atoms with Crippen LogP contribution in [0.2, 0.25) is 0 Å². The van der Waals surface area contributed by atoms with Gasteiger partial charge in [0, 0.05) is 0 Å². The Morgan fingerprint density at radius 1 is 1.50 bits per heavy atom. The number of nitrogens with zero attached hydrogens (tertiary/aromatic N) is 1. The fourth-order valence-electron chi connectivity index (χ4n) is 0.965. The van der Waals surface area contributed by atoms with Crippen LogP contribution < -0.4 is 5.73 Å². The van der Waals surface area contributed by atoms with Crippen molar-refractivity contribution < 1.29 is 9.53 Å². The van der Waals surface area contributed by atoms with E-state index < -0.39 is 0 Å². The van der Waals surface area contributed by atoms with Crippen LogP contribution in [0.15, 0.2) is 0 Å². The summed E-state index contributed by atoms with van der Waals surface area (Å²) >= 11 is 4.85. The van der Waals surface area contributed by atoms with Crippen LogP contribution in [0.1, 0.15) is 20.8 Å². The van der Waals surface area contributed by atoms with Gasteiger partial charge >= 0.3 is 5.97 Å². The molecule has 2 atom stereocenters. The van der Waals surface area contributed by atoms with E-state index in [4.69, 9.17) is 22.7 Å². The van der Waals surface area contributed by atoms with E-state index >= 15 is 0 Å². The fourth-order valence-corrected chi connectivity index (χ4v) is 1.13. The van der Waals surface area contributed by atoms with Gasteiger partial charge in [0.25, 0.3) is 0 Å². The Kier molecular flexibility index (Phi) is 5.64. The molecule has 0 aliphatic rings. The highest BCUT2D eigenvalue weighted by atomic mass is 32.1. The summed E-state index contributed by atoms with van der Waals surface area (Å²) < 4.78 is 4.89. The van der Waals surface area contributed by atoms with Gasteiger partial charge in [0.15, 0.2) is 0 Å². The van der Waals surface area contributed by atoms with Crippen molar-refractivity contribution in [3.8, 4) is 0 Å². The highest BCUT2D eigenvalue weighted by molar-refractivity contribution is 7.80. The lowest BCUT2D eigenvalue weighted by atomic mass is 10.2. The predicted octanol–water partition coefficient (Wildman–Crippen LogP) is 0.544. The van der Waals surface area contributed by atoms with Crippen molar-refractivity contribution in [2.75, 3.05) is 13.7 Å². The molecule has 0 amide bonds. The molecule has 0 aromatic heterocycles. The maximum atomic E-state index is 11.4. The molecule has 0 aromatic carbocycles. The van der Waals surface area contributed by atoms with E-state index in [2.05, 4.69) is 0 Å². The van der Waals surface area contributed by atoms with Gasteiger partial charge in [-0.15, -0.1) is 0 Å². The number of hydrogen-bond donors (Lipinski definition) is 1. The molecule has 0 spiro atoms. The van der Waals surface area contributed by atoms with Crippen molar-refractivity contribution in [3.05, 3.63) is 0 Å². The first-order chi connectivity index (χ1) is 6.41. The number of nitrogens with two attached hydrogens (primary N) is 1.